The Kier molecular flexibility index (Phi) is 7.44. The number of hydrogen-bond acceptors (Lipinski definition) is 8. The number of rotatable bonds is 9. The van der Waals surface area contributed by atoms with E-state index in [4.69, 9.17) is 20.5 Å². The number of carbonyl (C=O) groups is 1. The molecule has 3 aromatic rings. The van der Waals surface area contributed by atoms with Crippen molar-refractivity contribution in [2.75, 3.05) is 26.0 Å². The van der Waals surface area contributed by atoms with E-state index in [0.717, 1.165) is 12.7 Å². The van der Waals surface area contributed by atoms with Crippen LogP contribution < -0.4 is 4.74 Å². The van der Waals surface area contributed by atoms with Crippen molar-refractivity contribution < 1.29 is 22.1 Å². The van der Waals surface area contributed by atoms with E-state index in [1.54, 1.807) is 24.3 Å². The highest BCUT2D eigenvalue weighted by Gasteiger charge is 2.28. The van der Waals surface area contributed by atoms with Gasteiger partial charge in [-0.2, -0.15) is 13.2 Å². The van der Waals surface area contributed by atoms with Crippen LogP contribution in [-0.2, 0) is 20.8 Å². The molecule has 0 unspecified atom stereocenters. The third-order valence-corrected chi connectivity index (χ3v) is 6.30. The third-order valence-electron chi connectivity index (χ3n) is 5.42. The van der Waals surface area contributed by atoms with Gasteiger partial charge in [0.15, 0.2) is 6.33 Å². The van der Waals surface area contributed by atoms with Gasteiger partial charge in [0.1, 0.15) is 18.5 Å². The highest BCUT2D eigenvalue weighted by molar-refractivity contribution is 7.86. The average Bonchev–Trinajstić information content (AvgIpc) is 3.49. The molecule has 0 radical (unpaired) electrons. The summed E-state index contributed by atoms with van der Waals surface area (Å²) in [7, 11) is -3.71. The Bertz CT molecular complexity index is 1200. The van der Waals surface area contributed by atoms with Gasteiger partial charge in [-0.3, -0.25) is 8.98 Å². The minimum Gasteiger partial charge on any atom is -0.491 e. The fourth-order valence-corrected chi connectivity index (χ4v) is 4.57. The Morgan fingerprint density at radius 2 is 1.91 bits per heavy atom. The van der Waals surface area contributed by atoms with E-state index in [2.05, 4.69) is 15.4 Å². The summed E-state index contributed by atoms with van der Waals surface area (Å²) in [4.78, 5) is 16.0. The monoisotopic (exact) mass is 505 g/mol. The molecule has 4 rings (SSSR count). The molecule has 34 heavy (non-hydrogen) atoms. The fourth-order valence-electron chi connectivity index (χ4n) is 3.83. The van der Waals surface area contributed by atoms with Crippen molar-refractivity contribution in [3.05, 3.63) is 71.0 Å². The molecule has 12 heteroatoms. The standard InChI is InChI=1S/C22H24ClN5O5S/c1-34(30,31)33-21(13-28-25-15-24-26-28)14-32-20-8-4-17(5-9-20)22(29)27-11-10-18(12-27)16-2-6-19(23)7-3-16/h2-9,15,18,21H,10-14H2,1H3/t18-,21-/m0/s1. The summed E-state index contributed by atoms with van der Waals surface area (Å²) < 4.78 is 33.9. The molecule has 2 aromatic carbocycles. The topological polar surface area (TPSA) is 117 Å². The number of likely N-dealkylation sites (tertiary alicyclic amines) is 1. The Morgan fingerprint density at radius 1 is 1.18 bits per heavy atom. The van der Waals surface area contributed by atoms with Crippen LogP contribution in [0.3, 0.4) is 0 Å². The van der Waals surface area contributed by atoms with Crippen molar-refractivity contribution in [3.63, 3.8) is 0 Å². The summed E-state index contributed by atoms with van der Waals surface area (Å²) in [5, 5.41) is 11.9. The predicted octanol–water partition coefficient (Wildman–Crippen LogP) is 2.38. The van der Waals surface area contributed by atoms with Crippen LogP contribution in [0.5, 0.6) is 5.75 Å². The highest BCUT2D eigenvalue weighted by atomic mass is 35.5. The molecule has 180 valence electrons. The summed E-state index contributed by atoms with van der Waals surface area (Å²) in [5.41, 5.74) is 1.73. The average molecular weight is 506 g/mol. The number of amides is 1. The van der Waals surface area contributed by atoms with Gasteiger partial charge in [-0.15, -0.1) is 10.2 Å². The first-order chi connectivity index (χ1) is 16.3. The molecule has 1 saturated heterocycles. The smallest absolute Gasteiger partial charge is 0.264 e. The molecule has 1 aliphatic rings. The van der Waals surface area contributed by atoms with Crippen molar-refractivity contribution in [1.29, 1.82) is 0 Å². The van der Waals surface area contributed by atoms with Gasteiger partial charge in [-0.05, 0) is 53.6 Å². The van der Waals surface area contributed by atoms with Crippen LogP contribution in [0, 0.1) is 0 Å². The largest absolute Gasteiger partial charge is 0.491 e. The second-order valence-corrected chi connectivity index (χ2v) is 10.1. The summed E-state index contributed by atoms with van der Waals surface area (Å²) >= 11 is 5.97. The second kappa shape index (κ2) is 10.5. The molecule has 1 amide bonds. The maximum absolute atomic E-state index is 12.9. The third kappa shape index (κ3) is 6.52. The van der Waals surface area contributed by atoms with Gasteiger partial charge in [0.2, 0.25) is 0 Å². The van der Waals surface area contributed by atoms with Crippen LogP contribution in [0.4, 0.5) is 0 Å². The lowest BCUT2D eigenvalue weighted by atomic mass is 9.99. The van der Waals surface area contributed by atoms with Crippen LogP contribution in [0.1, 0.15) is 28.3 Å². The second-order valence-electron chi connectivity index (χ2n) is 8.04. The number of hydrogen-bond donors (Lipinski definition) is 0. The van der Waals surface area contributed by atoms with Crippen LogP contribution in [0.2, 0.25) is 5.02 Å². The fraction of sp³-hybridized carbons (Fsp3) is 0.364. The number of nitrogens with zero attached hydrogens (tertiary/aromatic N) is 5. The molecular formula is C22H24ClN5O5S. The molecule has 10 nitrogen and oxygen atoms in total. The van der Waals surface area contributed by atoms with Crippen LogP contribution >= 0.6 is 11.6 Å². The SMILES string of the molecule is CS(=O)(=O)O[C@H](COc1ccc(C(=O)N2CC[C@H](c3ccc(Cl)cc3)C2)cc1)Cn1ncnn1. The van der Waals surface area contributed by atoms with Crippen LogP contribution in [0.15, 0.2) is 54.9 Å². The maximum Gasteiger partial charge on any atom is 0.264 e. The van der Waals surface area contributed by atoms with Crippen LogP contribution in [0.25, 0.3) is 0 Å². The summed E-state index contributed by atoms with van der Waals surface area (Å²) in [6.07, 6.45) is 2.26. The number of aromatic nitrogens is 4. The number of tetrazole rings is 1. The first-order valence-corrected chi connectivity index (χ1v) is 12.8. The molecule has 0 N–H and O–H groups in total. The molecule has 1 fully saturated rings. The zero-order valence-electron chi connectivity index (χ0n) is 18.4. The summed E-state index contributed by atoms with van der Waals surface area (Å²) in [5.74, 6) is 0.722. The predicted molar refractivity (Wildman–Crippen MR) is 124 cm³/mol. The summed E-state index contributed by atoms with van der Waals surface area (Å²) in [6, 6.07) is 14.5. The van der Waals surface area contributed by atoms with Crippen molar-refractivity contribution in [1.82, 2.24) is 25.1 Å². The van der Waals surface area contributed by atoms with Crippen molar-refractivity contribution in [2.24, 2.45) is 0 Å². The van der Waals surface area contributed by atoms with Gasteiger partial charge < -0.3 is 9.64 Å². The molecule has 1 aliphatic heterocycles. The molecule has 0 saturated carbocycles. The Hall–Kier alpha value is -3.02. The Morgan fingerprint density at radius 3 is 2.56 bits per heavy atom. The zero-order chi connectivity index (χ0) is 24.1. The zero-order valence-corrected chi connectivity index (χ0v) is 20.0. The quantitative estimate of drug-likeness (QED) is 0.407. The van der Waals surface area contributed by atoms with Gasteiger partial charge in [0, 0.05) is 29.6 Å². The van der Waals surface area contributed by atoms with Gasteiger partial charge in [0.25, 0.3) is 16.0 Å². The lowest BCUT2D eigenvalue weighted by Crippen LogP contribution is -2.30. The number of ether oxygens (including phenoxy) is 1. The Balaban J connectivity index is 1.33. The summed E-state index contributed by atoms with van der Waals surface area (Å²) in [6.45, 7) is 1.33. The molecule has 0 bridgehead atoms. The first-order valence-electron chi connectivity index (χ1n) is 10.6. The lowest BCUT2D eigenvalue weighted by molar-refractivity contribution is 0.0790. The molecule has 0 spiro atoms. The van der Waals surface area contributed by atoms with Gasteiger partial charge in [-0.25, -0.2) is 0 Å². The van der Waals surface area contributed by atoms with Gasteiger partial charge in [-0.1, -0.05) is 23.7 Å². The lowest BCUT2D eigenvalue weighted by Gasteiger charge is -2.18. The minimum absolute atomic E-state index is 0.0430. The molecule has 2 atom stereocenters. The molecule has 1 aromatic heterocycles. The number of carbonyl (C=O) groups excluding carboxylic acids is 1. The van der Waals surface area contributed by atoms with E-state index in [1.807, 2.05) is 29.2 Å². The van der Waals surface area contributed by atoms with Crippen LogP contribution in [-0.4, -0.2) is 71.5 Å². The Labute approximate surface area is 202 Å². The number of halogens is 1. The van der Waals surface area contributed by atoms with E-state index in [1.165, 1.54) is 16.7 Å². The highest BCUT2D eigenvalue weighted by Crippen LogP contribution is 2.29. The van der Waals surface area contributed by atoms with Gasteiger partial charge in [0.05, 0.1) is 12.8 Å². The van der Waals surface area contributed by atoms with Gasteiger partial charge >= 0.3 is 0 Å². The first kappa shape index (κ1) is 24.1. The molecule has 0 aliphatic carbocycles. The maximum atomic E-state index is 12.9. The van der Waals surface area contributed by atoms with E-state index in [0.29, 0.717) is 29.4 Å². The molecule has 2 heterocycles. The molecular weight excluding hydrogens is 482 g/mol. The van der Waals surface area contributed by atoms with Crippen molar-refractivity contribution >= 4 is 27.6 Å². The normalized spacial score (nSPS) is 17.0. The van der Waals surface area contributed by atoms with E-state index in [-0.39, 0.29) is 25.0 Å². The van der Waals surface area contributed by atoms with E-state index < -0.39 is 16.2 Å². The van der Waals surface area contributed by atoms with Crippen molar-refractivity contribution in [3.8, 4) is 5.75 Å². The van der Waals surface area contributed by atoms with Crippen molar-refractivity contribution in [2.45, 2.75) is 25.0 Å². The minimum atomic E-state index is -3.71. The van der Waals surface area contributed by atoms with E-state index >= 15 is 0 Å². The van der Waals surface area contributed by atoms with E-state index in [9.17, 15) is 13.2 Å². The number of benzene rings is 2.